The van der Waals surface area contributed by atoms with Gasteiger partial charge < -0.3 is 4.74 Å². The second kappa shape index (κ2) is 7.36. The maximum absolute atomic E-state index is 14.5. The van der Waals surface area contributed by atoms with E-state index in [1.807, 2.05) is 30.3 Å². The molecule has 0 atom stereocenters. The van der Waals surface area contributed by atoms with E-state index in [4.69, 9.17) is 4.74 Å². The van der Waals surface area contributed by atoms with E-state index in [-0.39, 0.29) is 6.61 Å². The second-order valence-electron chi connectivity index (χ2n) is 6.61. The third-order valence-electron chi connectivity index (χ3n) is 4.58. The van der Waals surface area contributed by atoms with Crippen LogP contribution in [0.1, 0.15) is 5.82 Å². The van der Waals surface area contributed by atoms with Gasteiger partial charge in [-0.2, -0.15) is 10.1 Å². The van der Waals surface area contributed by atoms with Crippen molar-refractivity contribution >= 4 is 5.65 Å². The molecule has 3 aromatic heterocycles. The molecule has 0 N–H and O–H groups in total. The molecule has 0 spiro atoms. The summed E-state index contributed by atoms with van der Waals surface area (Å²) >= 11 is 0. The number of ether oxygens (including phenoxy) is 1. The van der Waals surface area contributed by atoms with Gasteiger partial charge in [0.1, 0.15) is 29.9 Å². The Morgan fingerprint density at radius 1 is 1.00 bits per heavy atom. The third kappa shape index (κ3) is 3.16. The predicted molar refractivity (Wildman–Crippen MR) is 107 cm³/mol. The molecule has 2 aromatic carbocycles. The van der Waals surface area contributed by atoms with Crippen molar-refractivity contribution in [2.24, 2.45) is 7.05 Å². The molecule has 0 fully saturated rings. The quantitative estimate of drug-likeness (QED) is 0.449. The maximum atomic E-state index is 14.5. The Morgan fingerprint density at radius 2 is 1.80 bits per heavy atom. The lowest BCUT2D eigenvalue weighted by atomic mass is 10.1. The van der Waals surface area contributed by atoms with Crippen molar-refractivity contribution in [3.05, 3.63) is 78.9 Å². The molecule has 0 bridgehead atoms. The van der Waals surface area contributed by atoms with Gasteiger partial charge in [-0.15, -0.1) is 10.2 Å². The van der Waals surface area contributed by atoms with E-state index in [2.05, 4.69) is 25.3 Å². The molecule has 0 saturated heterocycles. The average molecular weight is 401 g/mol. The van der Waals surface area contributed by atoms with E-state index in [9.17, 15) is 4.39 Å². The molecule has 0 radical (unpaired) electrons. The normalized spacial score (nSPS) is 11.1. The van der Waals surface area contributed by atoms with Crippen LogP contribution < -0.4 is 4.74 Å². The zero-order valence-electron chi connectivity index (χ0n) is 16.0. The van der Waals surface area contributed by atoms with Gasteiger partial charge in [0.05, 0.1) is 0 Å². The molecule has 0 saturated carbocycles. The zero-order valence-corrected chi connectivity index (χ0v) is 16.0. The summed E-state index contributed by atoms with van der Waals surface area (Å²) in [5.74, 6) is 0.490. The van der Waals surface area contributed by atoms with Crippen molar-refractivity contribution in [2.45, 2.75) is 6.61 Å². The highest BCUT2D eigenvalue weighted by atomic mass is 19.1. The smallest absolute Gasteiger partial charge is 0.241 e. The highest BCUT2D eigenvalue weighted by Gasteiger charge is 2.21. The molecule has 5 aromatic rings. The topological polar surface area (TPSA) is 83.0 Å². The Kier molecular flexibility index (Phi) is 4.40. The average Bonchev–Trinajstić information content (AvgIpc) is 3.36. The van der Waals surface area contributed by atoms with E-state index in [0.717, 1.165) is 5.56 Å². The predicted octanol–water partition coefficient (Wildman–Crippen LogP) is 3.30. The fourth-order valence-electron chi connectivity index (χ4n) is 3.24. The highest BCUT2D eigenvalue weighted by molar-refractivity contribution is 5.79. The number of imidazole rings is 1. The number of aryl methyl sites for hydroxylation is 1. The Bertz CT molecular complexity index is 1330. The summed E-state index contributed by atoms with van der Waals surface area (Å²) in [4.78, 5) is 8.82. The zero-order chi connectivity index (χ0) is 20.5. The number of rotatable bonds is 5. The molecule has 9 heteroatoms. The number of hydrogen-bond donors (Lipinski definition) is 0. The first kappa shape index (κ1) is 17.9. The van der Waals surface area contributed by atoms with Gasteiger partial charge in [-0.05, 0) is 12.1 Å². The standard InChI is InChI=1S/C21H16FN7O/c1-28-12-23-17(27-28)11-30-21-19(14-7-3-2-4-8-14)29-13-24-26-18(20(29)25-21)15-9-5-6-10-16(15)22/h2-10,12-13H,11H2,1H3. The van der Waals surface area contributed by atoms with E-state index < -0.39 is 5.82 Å². The minimum atomic E-state index is -0.399. The molecular weight excluding hydrogens is 385 g/mol. The van der Waals surface area contributed by atoms with Crippen LogP contribution in [0.25, 0.3) is 28.2 Å². The van der Waals surface area contributed by atoms with Crippen LogP contribution in [0.5, 0.6) is 5.88 Å². The Hall–Kier alpha value is -4.14. The summed E-state index contributed by atoms with van der Waals surface area (Å²) in [6, 6.07) is 16.1. The van der Waals surface area contributed by atoms with Crippen molar-refractivity contribution in [1.29, 1.82) is 0 Å². The van der Waals surface area contributed by atoms with Crippen molar-refractivity contribution in [2.75, 3.05) is 0 Å². The lowest BCUT2D eigenvalue weighted by Gasteiger charge is -2.06. The molecule has 148 valence electrons. The van der Waals surface area contributed by atoms with Gasteiger partial charge in [0, 0.05) is 18.2 Å². The maximum Gasteiger partial charge on any atom is 0.241 e. The lowest BCUT2D eigenvalue weighted by Crippen LogP contribution is -2.00. The Morgan fingerprint density at radius 3 is 2.57 bits per heavy atom. The van der Waals surface area contributed by atoms with Gasteiger partial charge in [0.15, 0.2) is 18.1 Å². The van der Waals surface area contributed by atoms with Crippen LogP contribution in [-0.4, -0.2) is 34.3 Å². The molecule has 0 amide bonds. The minimum absolute atomic E-state index is 0.139. The highest BCUT2D eigenvalue weighted by Crippen LogP contribution is 2.34. The summed E-state index contributed by atoms with van der Waals surface area (Å²) < 4.78 is 23.8. The monoisotopic (exact) mass is 401 g/mol. The third-order valence-corrected chi connectivity index (χ3v) is 4.58. The molecule has 0 aliphatic heterocycles. The van der Waals surface area contributed by atoms with Gasteiger partial charge in [0.2, 0.25) is 5.88 Å². The SMILES string of the molecule is Cn1cnc(COc2nc3c(-c4ccccc4F)nncn3c2-c2ccccc2)n1. The fraction of sp³-hybridized carbons (Fsp3) is 0.0952. The second-order valence-corrected chi connectivity index (χ2v) is 6.61. The number of hydrogen-bond acceptors (Lipinski definition) is 6. The summed E-state index contributed by atoms with van der Waals surface area (Å²) in [5, 5.41) is 12.5. The van der Waals surface area contributed by atoms with Gasteiger partial charge in [0.25, 0.3) is 0 Å². The number of benzene rings is 2. The summed E-state index contributed by atoms with van der Waals surface area (Å²) in [7, 11) is 1.79. The van der Waals surface area contributed by atoms with Gasteiger partial charge in [-0.25, -0.2) is 9.37 Å². The first-order valence-corrected chi connectivity index (χ1v) is 9.22. The number of halogens is 1. The summed E-state index contributed by atoms with van der Waals surface area (Å²) in [6.07, 6.45) is 3.14. The largest absolute Gasteiger partial charge is 0.468 e. The van der Waals surface area contributed by atoms with Crippen LogP contribution in [0.3, 0.4) is 0 Å². The Labute approximate surface area is 170 Å². The van der Waals surface area contributed by atoms with Crippen LogP contribution >= 0.6 is 0 Å². The van der Waals surface area contributed by atoms with E-state index in [1.165, 1.54) is 6.07 Å². The Balaban J connectivity index is 1.68. The molecule has 8 nitrogen and oxygen atoms in total. The van der Waals surface area contributed by atoms with Crippen LogP contribution in [0.4, 0.5) is 4.39 Å². The minimum Gasteiger partial charge on any atom is -0.468 e. The first-order valence-electron chi connectivity index (χ1n) is 9.22. The first-order chi connectivity index (χ1) is 14.7. The molecular formula is C21H16FN7O. The van der Waals surface area contributed by atoms with E-state index in [1.54, 1.807) is 47.0 Å². The van der Waals surface area contributed by atoms with E-state index >= 15 is 0 Å². The molecule has 5 rings (SSSR count). The van der Waals surface area contributed by atoms with Crippen LogP contribution in [0.2, 0.25) is 0 Å². The molecule has 0 aliphatic carbocycles. The fourth-order valence-corrected chi connectivity index (χ4v) is 3.24. The van der Waals surface area contributed by atoms with Gasteiger partial charge >= 0.3 is 0 Å². The van der Waals surface area contributed by atoms with Crippen molar-refractivity contribution in [3.63, 3.8) is 0 Å². The number of aromatic nitrogens is 7. The van der Waals surface area contributed by atoms with Crippen LogP contribution in [-0.2, 0) is 13.7 Å². The van der Waals surface area contributed by atoms with E-state index in [0.29, 0.717) is 34.3 Å². The summed E-state index contributed by atoms with van der Waals surface area (Å²) in [5.41, 5.74) is 2.66. The molecule has 0 unspecified atom stereocenters. The van der Waals surface area contributed by atoms with Gasteiger partial charge in [-0.3, -0.25) is 9.08 Å². The van der Waals surface area contributed by atoms with Gasteiger partial charge in [-0.1, -0.05) is 42.5 Å². The summed E-state index contributed by atoms with van der Waals surface area (Å²) in [6.45, 7) is 0.139. The lowest BCUT2D eigenvalue weighted by molar-refractivity contribution is 0.287. The number of fused-ring (bicyclic) bond motifs is 1. The molecule has 3 heterocycles. The molecule has 30 heavy (non-hydrogen) atoms. The van der Waals surface area contributed by atoms with Crippen molar-refractivity contribution in [1.82, 2.24) is 34.3 Å². The van der Waals surface area contributed by atoms with Crippen LogP contribution in [0, 0.1) is 5.82 Å². The number of nitrogens with zero attached hydrogens (tertiary/aromatic N) is 7. The van der Waals surface area contributed by atoms with Crippen molar-refractivity contribution < 1.29 is 9.13 Å². The van der Waals surface area contributed by atoms with Crippen LogP contribution in [0.15, 0.2) is 67.3 Å². The molecule has 0 aliphatic rings. The van der Waals surface area contributed by atoms with Crippen molar-refractivity contribution in [3.8, 4) is 28.4 Å².